The summed E-state index contributed by atoms with van der Waals surface area (Å²) in [4.78, 5) is 0. The molecule has 0 saturated carbocycles. The number of hydrogen-bond acceptors (Lipinski definition) is 8. The fraction of sp³-hybridized carbons (Fsp3) is 1.00. The highest BCUT2D eigenvalue weighted by Gasteiger charge is 2.43. The molecule has 0 bridgehead atoms. The Balaban J connectivity index is 1.88. The Bertz CT molecular complexity index is 340. The first-order chi connectivity index (χ1) is 9.82. The van der Waals surface area contributed by atoms with E-state index < -0.39 is 54.9 Å². The fourth-order valence-corrected chi connectivity index (χ4v) is 2.58. The molecular formula is C13H24O8. The molecule has 0 spiro atoms. The Morgan fingerprint density at radius 3 is 2.14 bits per heavy atom. The zero-order valence-corrected chi connectivity index (χ0v) is 12.1. The van der Waals surface area contributed by atoms with E-state index in [1.165, 1.54) is 0 Å². The van der Waals surface area contributed by atoms with Gasteiger partial charge < -0.3 is 39.7 Å². The monoisotopic (exact) mass is 308 g/mol. The van der Waals surface area contributed by atoms with Gasteiger partial charge in [0.05, 0.1) is 25.4 Å². The van der Waals surface area contributed by atoms with E-state index in [1.807, 2.05) is 0 Å². The molecule has 2 rings (SSSR count). The van der Waals surface area contributed by atoms with Crippen LogP contribution in [0.25, 0.3) is 0 Å². The van der Waals surface area contributed by atoms with Gasteiger partial charge in [-0.3, -0.25) is 0 Å². The Hall–Kier alpha value is -0.320. The van der Waals surface area contributed by atoms with Crippen LogP contribution in [0.15, 0.2) is 0 Å². The first-order valence-electron chi connectivity index (χ1n) is 7.12. The van der Waals surface area contributed by atoms with Crippen molar-refractivity contribution in [2.24, 2.45) is 0 Å². The van der Waals surface area contributed by atoms with Crippen molar-refractivity contribution in [3.05, 3.63) is 0 Å². The molecular weight excluding hydrogens is 284 g/mol. The van der Waals surface area contributed by atoms with Crippen LogP contribution in [-0.4, -0.2) is 93.7 Å². The third-order valence-corrected chi connectivity index (χ3v) is 4.16. The van der Waals surface area contributed by atoms with Gasteiger partial charge in [0.2, 0.25) is 0 Å². The molecule has 5 N–H and O–H groups in total. The minimum Gasteiger partial charge on any atom is -0.388 e. The summed E-state index contributed by atoms with van der Waals surface area (Å²) in [5.74, 6) is 0. The molecule has 8 heteroatoms. The molecule has 2 saturated heterocycles. The van der Waals surface area contributed by atoms with Gasteiger partial charge in [0.1, 0.15) is 42.7 Å². The highest BCUT2D eigenvalue weighted by Crippen LogP contribution is 2.23. The zero-order chi connectivity index (χ0) is 15.7. The summed E-state index contributed by atoms with van der Waals surface area (Å²) in [7, 11) is 0. The molecule has 2 aliphatic rings. The molecule has 2 heterocycles. The van der Waals surface area contributed by atoms with Crippen molar-refractivity contribution in [1.29, 1.82) is 0 Å². The number of aliphatic hydroxyl groups excluding tert-OH is 5. The SMILES string of the molecule is C[C@@H]1O[C@@H](CO[C@@H]2CO[C@@H](C)[C@H](O)[C@H]2O)[C@H](O)[C@H](O)[C@H]1O. The van der Waals surface area contributed by atoms with Gasteiger partial charge in [0.15, 0.2) is 0 Å². The topological polar surface area (TPSA) is 129 Å². The van der Waals surface area contributed by atoms with Crippen LogP contribution < -0.4 is 0 Å². The summed E-state index contributed by atoms with van der Waals surface area (Å²) >= 11 is 0. The summed E-state index contributed by atoms with van der Waals surface area (Å²) in [5, 5.41) is 48.8. The molecule has 2 aliphatic heterocycles. The molecule has 9 atom stereocenters. The van der Waals surface area contributed by atoms with E-state index in [1.54, 1.807) is 13.8 Å². The van der Waals surface area contributed by atoms with E-state index >= 15 is 0 Å². The van der Waals surface area contributed by atoms with Crippen molar-refractivity contribution in [1.82, 2.24) is 0 Å². The number of rotatable bonds is 3. The van der Waals surface area contributed by atoms with Crippen molar-refractivity contribution >= 4 is 0 Å². The smallest absolute Gasteiger partial charge is 0.111 e. The lowest BCUT2D eigenvalue weighted by Crippen LogP contribution is -2.59. The lowest BCUT2D eigenvalue weighted by atomic mass is 9.96. The van der Waals surface area contributed by atoms with Crippen molar-refractivity contribution in [3.63, 3.8) is 0 Å². The summed E-state index contributed by atoms with van der Waals surface area (Å²) < 4.78 is 16.1. The van der Waals surface area contributed by atoms with Gasteiger partial charge in [0.25, 0.3) is 0 Å². The second kappa shape index (κ2) is 6.84. The van der Waals surface area contributed by atoms with Gasteiger partial charge in [-0.1, -0.05) is 0 Å². The Kier molecular flexibility index (Phi) is 5.55. The van der Waals surface area contributed by atoms with Gasteiger partial charge in [-0.25, -0.2) is 0 Å². The predicted molar refractivity (Wildman–Crippen MR) is 69.5 cm³/mol. The highest BCUT2D eigenvalue weighted by molar-refractivity contribution is 4.91. The van der Waals surface area contributed by atoms with Crippen LogP contribution in [0.5, 0.6) is 0 Å². The van der Waals surface area contributed by atoms with E-state index in [9.17, 15) is 25.5 Å². The number of hydrogen-bond donors (Lipinski definition) is 5. The van der Waals surface area contributed by atoms with Gasteiger partial charge in [-0.05, 0) is 13.8 Å². The molecule has 0 radical (unpaired) electrons. The molecule has 8 nitrogen and oxygen atoms in total. The van der Waals surface area contributed by atoms with Crippen molar-refractivity contribution in [3.8, 4) is 0 Å². The van der Waals surface area contributed by atoms with Crippen LogP contribution in [0, 0.1) is 0 Å². The second-order valence-corrected chi connectivity index (χ2v) is 5.74. The van der Waals surface area contributed by atoms with Gasteiger partial charge in [-0.15, -0.1) is 0 Å². The van der Waals surface area contributed by atoms with Crippen LogP contribution in [0.1, 0.15) is 13.8 Å². The van der Waals surface area contributed by atoms with E-state index in [0.29, 0.717) is 0 Å². The molecule has 2 fully saturated rings. The van der Waals surface area contributed by atoms with Crippen LogP contribution in [-0.2, 0) is 14.2 Å². The van der Waals surface area contributed by atoms with Gasteiger partial charge >= 0.3 is 0 Å². The summed E-state index contributed by atoms with van der Waals surface area (Å²) in [6.07, 6.45) is -8.61. The van der Waals surface area contributed by atoms with Crippen LogP contribution in [0.2, 0.25) is 0 Å². The first kappa shape index (κ1) is 17.0. The molecule has 0 unspecified atom stereocenters. The van der Waals surface area contributed by atoms with Crippen LogP contribution >= 0.6 is 0 Å². The van der Waals surface area contributed by atoms with Crippen molar-refractivity contribution in [2.75, 3.05) is 13.2 Å². The van der Waals surface area contributed by atoms with E-state index in [4.69, 9.17) is 14.2 Å². The van der Waals surface area contributed by atoms with Gasteiger partial charge in [-0.2, -0.15) is 0 Å². The highest BCUT2D eigenvalue weighted by atomic mass is 16.6. The average Bonchev–Trinajstić information content (AvgIpc) is 2.46. The zero-order valence-electron chi connectivity index (χ0n) is 12.1. The quantitative estimate of drug-likeness (QED) is 0.383. The molecule has 0 amide bonds. The molecule has 0 aromatic heterocycles. The van der Waals surface area contributed by atoms with E-state index in [-0.39, 0.29) is 13.2 Å². The average molecular weight is 308 g/mol. The molecule has 124 valence electrons. The van der Waals surface area contributed by atoms with E-state index in [0.717, 1.165) is 0 Å². The van der Waals surface area contributed by atoms with Crippen LogP contribution in [0.3, 0.4) is 0 Å². The summed E-state index contributed by atoms with van der Waals surface area (Å²) in [6, 6.07) is 0. The number of aliphatic hydroxyl groups is 5. The standard InChI is InChI=1S/C13H24O8/c1-5-9(14)11(16)7(3-19-5)20-4-8-12(17)13(18)10(15)6(2)21-8/h5-18H,3-4H2,1-2H3/t5-,6-,7+,8-,9-,10-,11-,12-,13+/m0/s1. The lowest BCUT2D eigenvalue weighted by Gasteiger charge is -2.41. The molecule has 0 aromatic carbocycles. The molecule has 0 aromatic rings. The molecule has 21 heavy (non-hydrogen) atoms. The number of ether oxygens (including phenoxy) is 3. The molecule has 0 aliphatic carbocycles. The van der Waals surface area contributed by atoms with Crippen LogP contribution in [0.4, 0.5) is 0 Å². The summed E-state index contributed by atoms with van der Waals surface area (Å²) in [5.41, 5.74) is 0. The minimum absolute atomic E-state index is 0.0958. The second-order valence-electron chi connectivity index (χ2n) is 5.74. The normalized spacial score (nSPS) is 51.9. The first-order valence-corrected chi connectivity index (χ1v) is 7.12. The van der Waals surface area contributed by atoms with Gasteiger partial charge in [0, 0.05) is 0 Å². The Labute approximate surface area is 122 Å². The largest absolute Gasteiger partial charge is 0.388 e. The van der Waals surface area contributed by atoms with Crippen molar-refractivity contribution < 1.29 is 39.7 Å². The Morgan fingerprint density at radius 2 is 1.48 bits per heavy atom. The summed E-state index contributed by atoms with van der Waals surface area (Å²) in [6.45, 7) is 3.25. The maximum Gasteiger partial charge on any atom is 0.111 e. The maximum atomic E-state index is 9.90. The maximum absolute atomic E-state index is 9.90. The third kappa shape index (κ3) is 3.54. The predicted octanol–water partition coefficient (Wildman–Crippen LogP) is -2.62. The Morgan fingerprint density at radius 1 is 0.857 bits per heavy atom. The van der Waals surface area contributed by atoms with E-state index in [2.05, 4.69) is 0 Å². The lowest BCUT2D eigenvalue weighted by molar-refractivity contribution is -0.246. The fourth-order valence-electron chi connectivity index (χ4n) is 2.58. The van der Waals surface area contributed by atoms with Crippen molar-refractivity contribution in [2.45, 2.75) is 68.8 Å². The minimum atomic E-state index is -1.32. The third-order valence-electron chi connectivity index (χ3n) is 4.16.